The van der Waals surface area contributed by atoms with Crippen molar-refractivity contribution in [3.8, 4) is 28.1 Å². The fourth-order valence-electron chi connectivity index (χ4n) is 9.53. The number of hydrogen-bond acceptors (Lipinski definition) is 10. The number of nitrogens with zero attached hydrogens (tertiary/aromatic N) is 4. The van der Waals surface area contributed by atoms with Gasteiger partial charge >= 0.3 is 12.2 Å². The zero-order valence-corrected chi connectivity index (χ0v) is 36.5. The maximum absolute atomic E-state index is 14.3. The zero-order chi connectivity index (χ0) is 44.6. The number of fused-ring (bicyclic) bond motifs is 6. The number of benzene rings is 4. The van der Waals surface area contributed by atoms with Crippen molar-refractivity contribution in [1.29, 1.82) is 0 Å². The van der Waals surface area contributed by atoms with Gasteiger partial charge in [-0.15, -0.1) is 0 Å². The summed E-state index contributed by atoms with van der Waals surface area (Å²) in [6.45, 7) is 5.64. The average molecular weight is 869 g/mol. The minimum atomic E-state index is -0.947. The summed E-state index contributed by atoms with van der Waals surface area (Å²) in [7, 11) is 4.22. The number of aromatic nitrogens is 4. The molecular formula is C48H52N8O8. The highest BCUT2D eigenvalue weighted by Gasteiger charge is 2.42. The van der Waals surface area contributed by atoms with Crippen molar-refractivity contribution in [1.82, 2.24) is 40.4 Å². The summed E-state index contributed by atoms with van der Waals surface area (Å²) in [6.07, 6.45) is 2.67. The summed E-state index contributed by atoms with van der Waals surface area (Å²) in [6, 6.07) is 21.4. The van der Waals surface area contributed by atoms with Crippen LogP contribution in [0.25, 0.3) is 44.2 Å². The molecule has 0 spiro atoms. The van der Waals surface area contributed by atoms with Crippen molar-refractivity contribution in [3.63, 3.8) is 0 Å². The molecule has 0 aliphatic carbocycles. The van der Waals surface area contributed by atoms with Gasteiger partial charge in [-0.3, -0.25) is 9.59 Å². The van der Waals surface area contributed by atoms with Crippen molar-refractivity contribution in [2.75, 3.05) is 41.0 Å². The first-order valence-corrected chi connectivity index (χ1v) is 21.7. The second-order valence-corrected chi connectivity index (χ2v) is 17.1. The second-order valence-electron chi connectivity index (χ2n) is 17.1. The van der Waals surface area contributed by atoms with Crippen LogP contribution in [0, 0.1) is 11.8 Å². The van der Waals surface area contributed by atoms with E-state index in [9.17, 15) is 19.2 Å². The Morgan fingerprint density at radius 1 is 0.859 bits per heavy atom. The number of hydrogen-bond donors (Lipinski definition) is 4. The number of H-pyrrole nitrogens is 2. The zero-order valence-electron chi connectivity index (χ0n) is 36.5. The molecule has 16 nitrogen and oxygen atoms in total. The van der Waals surface area contributed by atoms with Crippen molar-refractivity contribution in [3.05, 3.63) is 102 Å². The van der Waals surface area contributed by atoms with E-state index in [4.69, 9.17) is 28.9 Å². The highest BCUT2D eigenvalue weighted by atomic mass is 16.5. The third kappa shape index (κ3) is 7.97. The molecule has 16 heteroatoms. The number of nitrogens with one attached hydrogen (secondary N) is 4. The molecule has 0 saturated carbocycles. The van der Waals surface area contributed by atoms with E-state index in [2.05, 4.69) is 57.0 Å². The normalized spacial score (nSPS) is 18.9. The molecule has 4 aromatic carbocycles. The van der Waals surface area contributed by atoms with Gasteiger partial charge in [-0.1, -0.05) is 62.4 Å². The first kappa shape index (κ1) is 42.4. The number of aromatic amines is 2. The van der Waals surface area contributed by atoms with Gasteiger partial charge in [0.25, 0.3) is 5.91 Å². The number of carbonyl (C=O) groups is 4. The predicted octanol–water partition coefficient (Wildman–Crippen LogP) is 7.34. The van der Waals surface area contributed by atoms with Gasteiger partial charge in [-0.25, -0.2) is 19.6 Å². The number of alkyl carbamates (subject to hydrolysis) is 2. The maximum Gasteiger partial charge on any atom is 0.407 e. The quantitative estimate of drug-likeness (QED) is 0.102. The number of amides is 4. The maximum atomic E-state index is 14.3. The van der Waals surface area contributed by atoms with Crippen LogP contribution in [0.2, 0.25) is 0 Å². The van der Waals surface area contributed by atoms with E-state index in [1.165, 1.54) is 14.2 Å². The SMILES string of the molecule is COC[C@H]1C[C@@H](c2ncc(-c3ccc4c(c3)COc3cc5c(ccc6[nH]c([C@@H]7CCCN7C(=O)C(NC(=O)OC)C(C)C)nc65)cc3-4)[nH]2)N(C(=O)C(NC(=O)OC)c2ccccc2)C1. The minimum absolute atomic E-state index is 0.0689. The fourth-order valence-corrected chi connectivity index (χ4v) is 9.53. The smallest absolute Gasteiger partial charge is 0.407 e. The highest BCUT2D eigenvalue weighted by molar-refractivity contribution is 6.07. The molecule has 9 rings (SSSR count). The van der Waals surface area contributed by atoms with Gasteiger partial charge in [0, 0.05) is 37.1 Å². The standard InChI is InChI=1S/C48H52N8O8/c1-26(2)40(53-47(59)62-4)45(57)55-17-9-12-37(55)44-50-35-16-14-29-20-34-32-15-13-30(19-31(32)25-64-39(34)21-33(29)42(35)52-44)36-22-49-43(51-36)38-18-27(24-61-3)23-56(38)46(58)41(54-48(60)63-5)28-10-7-6-8-11-28/h6-8,10-11,13-16,19-22,26-27,37-38,40-41H,9,12,17-18,23-25H2,1-5H3,(H,49,51)(H,50,52)(H,53,59)(H,54,60)/t27-,37-,38-,40?,41?/m0/s1. The van der Waals surface area contributed by atoms with Crippen LogP contribution in [0.3, 0.4) is 0 Å². The molecule has 4 N–H and O–H groups in total. The molecule has 3 aliphatic heterocycles. The lowest BCUT2D eigenvalue weighted by molar-refractivity contribution is -0.136. The summed E-state index contributed by atoms with van der Waals surface area (Å²) in [5, 5.41) is 7.40. The van der Waals surface area contributed by atoms with Crippen LogP contribution >= 0.6 is 0 Å². The fraction of sp³-hybridized carbons (Fsp3) is 0.375. The highest BCUT2D eigenvalue weighted by Crippen LogP contribution is 2.44. The van der Waals surface area contributed by atoms with Crippen molar-refractivity contribution in [2.24, 2.45) is 11.8 Å². The lowest BCUT2D eigenvalue weighted by Gasteiger charge is -2.29. The molecule has 4 amide bonds. The minimum Gasteiger partial charge on any atom is -0.488 e. The van der Waals surface area contributed by atoms with E-state index >= 15 is 0 Å². The Morgan fingerprint density at radius 3 is 2.42 bits per heavy atom. The predicted molar refractivity (Wildman–Crippen MR) is 238 cm³/mol. The van der Waals surface area contributed by atoms with Crippen molar-refractivity contribution < 1.29 is 38.1 Å². The van der Waals surface area contributed by atoms with Gasteiger partial charge in [0.1, 0.15) is 36.1 Å². The number of methoxy groups -OCH3 is 3. The lowest BCUT2D eigenvalue weighted by atomic mass is 9.92. The number of rotatable bonds is 11. The van der Waals surface area contributed by atoms with Crippen LogP contribution in [0.15, 0.2) is 79.0 Å². The van der Waals surface area contributed by atoms with Gasteiger partial charge in [0.15, 0.2) is 0 Å². The van der Waals surface area contributed by atoms with Crippen LogP contribution < -0.4 is 15.4 Å². The molecule has 2 fully saturated rings. The summed E-state index contributed by atoms with van der Waals surface area (Å²) in [4.78, 5) is 73.1. The molecule has 2 unspecified atom stereocenters. The first-order chi connectivity index (χ1) is 31.0. The molecule has 332 valence electrons. The third-order valence-corrected chi connectivity index (χ3v) is 12.7. The number of ether oxygens (including phenoxy) is 4. The molecule has 6 aromatic rings. The van der Waals surface area contributed by atoms with Crippen LogP contribution in [0.5, 0.6) is 5.75 Å². The van der Waals surface area contributed by atoms with E-state index in [1.807, 2.05) is 55.1 Å². The Labute approximate surface area is 370 Å². The van der Waals surface area contributed by atoms with Crippen molar-refractivity contribution in [2.45, 2.75) is 63.9 Å². The Balaban J connectivity index is 0.968. The summed E-state index contributed by atoms with van der Waals surface area (Å²) >= 11 is 0. The van der Waals surface area contributed by atoms with Crippen LogP contribution in [0.1, 0.15) is 74.0 Å². The summed E-state index contributed by atoms with van der Waals surface area (Å²) in [5.74, 6) is 1.63. The summed E-state index contributed by atoms with van der Waals surface area (Å²) < 4.78 is 21.6. The topological polar surface area (TPSA) is 193 Å². The third-order valence-electron chi connectivity index (χ3n) is 12.7. The van der Waals surface area contributed by atoms with Crippen LogP contribution in [0.4, 0.5) is 9.59 Å². The molecule has 0 radical (unpaired) electrons. The number of carbonyl (C=O) groups excluding carboxylic acids is 4. The molecule has 2 aromatic heterocycles. The van der Waals surface area contributed by atoms with Gasteiger partial charge in [0.2, 0.25) is 5.91 Å². The Kier molecular flexibility index (Phi) is 11.7. The Hall–Kier alpha value is -6.94. The average Bonchev–Trinajstić information content (AvgIpc) is 4.15. The van der Waals surface area contributed by atoms with E-state index in [1.54, 1.807) is 18.2 Å². The van der Waals surface area contributed by atoms with Gasteiger partial charge in [-0.2, -0.15) is 0 Å². The van der Waals surface area contributed by atoms with E-state index in [0.29, 0.717) is 49.9 Å². The molecule has 0 bridgehead atoms. The van der Waals surface area contributed by atoms with E-state index in [-0.39, 0.29) is 35.7 Å². The monoisotopic (exact) mass is 868 g/mol. The Bertz CT molecular complexity index is 2730. The van der Waals surface area contributed by atoms with Crippen LogP contribution in [-0.4, -0.2) is 101 Å². The first-order valence-electron chi connectivity index (χ1n) is 21.7. The second kappa shape index (κ2) is 17.7. The number of imidazole rings is 2. The summed E-state index contributed by atoms with van der Waals surface area (Å²) in [5.41, 5.74) is 7.10. The molecule has 3 aliphatic rings. The van der Waals surface area contributed by atoms with Gasteiger partial charge in [0.05, 0.1) is 55.8 Å². The number of likely N-dealkylation sites (tertiary alicyclic amines) is 2. The molecule has 2 saturated heterocycles. The molecule has 64 heavy (non-hydrogen) atoms. The molecule has 5 atom stereocenters. The molecule has 5 heterocycles. The van der Waals surface area contributed by atoms with Crippen molar-refractivity contribution >= 4 is 45.8 Å². The lowest BCUT2D eigenvalue weighted by Crippen LogP contribution is -2.51. The van der Waals surface area contributed by atoms with Crippen LogP contribution in [-0.2, 0) is 30.4 Å². The largest absolute Gasteiger partial charge is 0.488 e. The Morgan fingerprint density at radius 2 is 1.66 bits per heavy atom. The van der Waals surface area contributed by atoms with E-state index in [0.717, 1.165) is 68.3 Å². The van der Waals surface area contributed by atoms with Gasteiger partial charge < -0.3 is 49.3 Å². The molecular weight excluding hydrogens is 817 g/mol. The van der Waals surface area contributed by atoms with E-state index < -0.39 is 24.3 Å². The van der Waals surface area contributed by atoms with Gasteiger partial charge in [-0.05, 0) is 77.1 Å².